The predicted octanol–water partition coefficient (Wildman–Crippen LogP) is 2.43. The summed E-state index contributed by atoms with van der Waals surface area (Å²) in [4.78, 5) is 13.0. The molecule has 3 nitrogen and oxygen atoms in total. The van der Waals surface area contributed by atoms with Crippen molar-refractivity contribution in [2.75, 3.05) is 13.1 Å². The summed E-state index contributed by atoms with van der Waals surface area (Å²) < 4.78 is 0. The van der Waals surface area contributed by atoms with Crippen LogP contribution in [0.1, 0.15) is 24.8 Å². The first-order chi connectivity index (χ1) is 7.74. The van der Waals surface area contributed by atoms with E-state index in [1.165, 1.54) is 5.56 Å². The molecule has 0 aliphatic carbocycles. The van der Waals surface area contributed by atoms with Crippen molar-refractivity contribution in [2.45, 2.75) is 25.8 Å². The van der Waals surface area contributed by atoms with Gasteiger partial charge in [0.25, 0.3) is 0 Å². The van der Waals surface area contributed by atoms with Gasteiger partial charge in [0.15, 0.2) is 0 Å². The molecule has 4 heteroatoms. The minimum atomic E-state index is -0.656. The lowest BCUT2D eigenvalue weighted by molar-refractivity contribution is -0.138. The maximum Gasteiger partial charge on any atom is 0.303 e. The highest BCUT2D eigenvalue weighted by molar-refractivity contribution is 7.07. The molecule has 16 heavy (non-hydrogen) atoms. The van der Waals surface area contributed by atoms with Crippen molar-refractivity contribution in [3.05, 3.63) is 22.4 Å². The van der Waals surface area contributed by atoms with Crippen LogP contribution >= 0.6 is 11.3 Å². The Kier molecular flexibility index (Phi) is 3.96. The second kappa shape index (κ2) is 5.46. The van der Waals surface area contributed by atoms with E-state index in [1.54, 1.807) is 11.3 Å². The highest BCUT2D eigenvalue weighted by Crippen LogP contribution is 2.22. The topological polar surface area (TPSA) is 40.5 Å². The summed E-state index contributed by atoms with van der Waals surface area (Å²) in [5.74, 6) is -0.271. The van der Waals surface area contributed by atoms with Crippen molar-refractivity contribution >= 4 is 17.3 Å². The van der Waals surface area contributed by atoms with Gasteiger partial charge in [-0.1, -0.05) is 0 Å². The molecule has 2 heterocycles. The third kappa shape index (κ3) is 3.32. The Morgan fingerprint density at radius 1 is 1.50 bits per heavy atom. The van der Waals surface area contributed by atoms with E-state index >= 15 is 0 Å². The number of thiophene rings is 1. The maximum absolute atomic E-state index is 10.6. The molecule has 0 bridgehead atoms. The van der Waals surface area contributed by atoms with Crippen molar-refractivity contribution in [1.82, 2.24) is 4.90 Å². The van der Waals surface area contributed by atoms with Gasteiger partial charge < -0.3 is 5.11 Å². The van der Waals surface area contributed by atoms with Crippen LogP contribution in [0.4, 0.5) is 0 Å². The van der Waals surface area contributed by atoms with E-state index in [9.17, 15) is 4.79 Å². The van der Waals surface area contributed by atoms with Crippen LogP contribution in [0, 0.1) is 5.92 Å². The SMILES string of the molecule is O=C(O)CC1CCN(Cc2ccsc2)CC1. The Hall–Kier alpha value is -0.870. The van der Waals surface area contributed by atoms with Crippen LogP contribution in [0.5, 0.6) is 0 Å². The Morgan fingerprint density at radius 2 is 2.25 bits per heavy atom. The minimum absolute atomic E-state index is 0.340. The lowest BCUT2D eigenvalue weighted by atomic mass is 9.93. The summed E-state index contributed by atoms with van der Waals surface area (Å²) in [6.07, 6.45) is 2.39. The number of piperidine rings is 1. The average molecular weight is 239 g/mol. The first kappa shape index (κ1) is 11.6. The fourth-order valence-corrected chi connectivity index (χ4v) is 2.90. The number of hydrogen-bond donors (Lipinski definition) is 1. The van der Waals surface area contributed by atoms with E-state index in [4.69, 9.17) is 5.11 Å². The van der Waals surface area contributed by atoms with E-state index in [2.05, 4.69) is 21.7 Å². The molecule has 0 saturated carbocycles. The number of aliphatic carboxylic acids is 1. The quantitative estimate of drug-likeness (QED) is 0.877. The van der Waals surface area contributed by atoms with Crippen LogP contribution < -0.4 is 0 Å². The van der Waals surface area contributed by atoms with Crippen LogP contribution in [-0.2, 0) is 11.3 Å². The van der Waals surface area contributed by atoms with Crippen LogP contribution in [0.2, 0.25) is 0 Å². The van der Waals surface area contributed by atoms with Gasteiger partial charge in [0.1, 0.15) is 0 Å². The molecule has 1 aliphatic rings. The molecule has 0 atom stereocenters. The summed E-state index contributed by atoms with van der Waals surface area (Å²) in [7, 11) is 0. The standard InChI is InChI=1S/C12H17NO2S/c14-12(15)7-10-1-4-13(5-2-10)8-11-3-6-16-9-11/h3,6,9-10H,1-2,4-5,7-8H2,(H,14,15). The van der Waals surface area contributed by atoms with E-state index in [-0.39, 0.29) is 0 Å². The van der Waals surface area contributed by atoms with Crippen molar-refractivity contribution in [2.24, 2.45) is 5.92 Å². The van der Waals surface area contributed by atoms with Crippen molar-refractivity contribution in [3.8, 4) is 0 Å². The number of nitrogens with zero attached hydrogens (tertiary/aromatic N) is 1. The molecule has 2 rings (SSSR count). The van der Waals surface area contributed by atoms with Crippen LogP contribution in [0.25, 0.3) is 0 Å². The Balaban J connectivity index is 1.75. The molecule has 0 amide bonds. The predicted molar refractivity (Wildman–Crippen MR) is 64.6 cm³/mol. The fourth-order valence-electron chi connectivity index (χ4n) is 2.24. The Morgan fingerprint density at radius 3 is 2.81 bits per heavy atom. The normalized spacial score (nSPS) is 18.8. The van der Waals surface area contributed by atoms with Gasteiger partial charge in [-0.2, -0.15) is 11.3 Å². The smallest absolute Gasteiger partial charge is 0.303 e. The number of carboxylic acids is 1. The molecule has 0 unspecified atom stereocenters. The van der Waals surface area contributed by atoms with Crippen molar-refractivity contribution < 1.29 is 9.90 Å². The molecule has 88 valence electrons. The van der Waals surface area contributed by atoms with Crippen molar-refractivity contribution in [3.63, 3.8) is 0 Å². The largest absolute Gasteiger partial charge is 0.481 e. The van der Waals surface area contributed by atoms with Crippen LogP contribution in [0.3, 0.4) is 0 Å². The van der Waals surface area contributed by atoms with Gasteiger partial charge in [-0.25, -0.2) is 0 Å². The van der Waals surface area contributed by atoms with E-state index in [0.717, 1.165) is 32.5 Å². The van der Waals surface area contributed by atoms with Gasteiger partial charge in [-0.15, -0.1) is 0 Å². The lowest BCUT2D eigenvalue weighted by Crippen LogP contribution is -2.33. The molecule has 0 aromatic carbocycles. The summed E-state index contributed by atoms with van der Waals surface area (Å²) in [6.45, 7) is 3.09. The molecule has 1 saturated heterocycles. The highest BCUT2D eigenvalue weighted by Gasteiger charge is 2.21. The molecule has 0 spiro atoms. The monoisotopic (exact) mass is 239 g/mol. The average Bonchev–Trinajstić information content (AvgIpc) is 2.73. The summed E-state index contributed by atoms with van der Waals surface area (Å²) in [6, 6.07) is 2.16. The highest BCUT2D eigenvalue weighted by atomic mass is 32.1. The minimum Gasteiger partial charge on any atom is -0.481 e. The molecular formula is C12H17NO2S. The van der Waals surface area contributed by atoms with E-state index in [1.807, 2.05) is 0 Å². The molecule has 1 aliphatic heterocycles. The van der Waals surface area contributed by atoms with Gasteiger partial charge in [-0.05, 0) is 54.2 Å². The number of likely N-dealkylation sites (tertiary alicyclic amines) is 1. The molecule has 0 radical (unpaired) electrons. The Bertz CT molecular complexity index is 329. The third-order valence-electron chi connectivity index (χ3n) is 3.16. The number of carbonyl (C=O) groups is 1. The zero-order valence-corrected chi connectivity index (χ0v) is 10.1. The second-order valence-electron chi connectivity index (χ2n) is 4.45. The van der Waals surface area contributed by atoms with E-state index in [0.29, 0.717) is 12.3 Å². The zero-order chi connectivity index (χ0) is 11.4. The van der Waals surface area contributed by atoms with Crippen LogP contribution in [-0.4, -0.2) is 29.1 Å². The van der Waals surface area contributed by atoms with Gasteiger partial charge in [-0.3, -0.25) is 9.69 Å². The molecule has 1 N–H and O–H groups in total. The van der Waals surface area contributed by atoms with Gasteiger partial charge in [0.2, 0.25) is 0 Å². The summed E-state index contributed by atoms with van der Waals surface area (Å²) in [5, 5.41) is 13.0. The summed E-state index contributed by atoms with van der Waals surface area (Å²) in [5.41, 5.74) is 1.38. The molecule has 1 aromatic rings. The third-order valence-corrected chi connectivity index (χ3v) is 3.89. The first-order valence-electron chi connectivity index (χ1n) is 5.69. The van der Waals surface area contributed by atoms with E-state index < -0.39 is 5.97 Å². The number of carboxylic acid groups (broad SMARTS) is 1. The number of rotatable bonds is 4. The first-order valence-corrected chi connectivity index (χ1v) is 6.63. The number of hydrogen-bond acceptors (Lipinski definition) is 3. The van der Waals surface area contributed by atoms with Gasteiger partial charge >= 0.3 is 5.97 Å². The zero-order valence-electron chi connectivity index (χ0n) is 9.26. The second-order valence-corrected chi connectivity index (χ2v) is 5.23. The molecular weight excluding hydrogens is 222 g/mol. The van der Waals surface area contributed by atoms with Gasteiger partial charge in [0, 0.05) is 13.0 Å². The molecule has 1 aromatic heterocycles. The Labute approximate surface area is 99.7 Å². The molecule has 1 fully saturated rings. The fraction of sp³-hybridized carbons (Fsp3) is 0.583. The van der Waals surface area contributed by atoms with Crippen LogP contribution in [0.15, 0.2) is 16.8 Å². The van der Waals surface area contributed by atoms with Crippen molar-refractivity contribution in [1.29, 1.82) is 0 Å². The lowest BCUT2D eigenvalue weighted by Gasteiger charge is -2.30. The maximum atomic E-state index is 10.6. The summed E-state index contributed by atoms with van der Waals surface area (Å²) >= 11 is 1.73. The van der Waals surface area contributed by atoms with Gasteiger partial charge in [0.05, 0.1) is 0 Å².